The first-order chi connectivity index (χ1) is 29.4. The lowest BCUT2D eigenvalue weighted by molar-refractivity contribution is -0.154. The van der Waals surface area contributed by atoms with E-state index in [4.69, 9.17) is 55.9 Å². The average Bonchev–Trinajstić information content (AvgIpc) is 3.19. The summed E-state index contributed by atoms with van der Waals surface area (Å²) in [5.41, 5.74) is 0.553. The monoisotopic (exact) mass is 922 g/mol. The van der Waals surface area contributed by atoms with Crippen molar-refractivity contribution in [3.8, 4) is 0 Å². The lowest BCUT2D eigenvalue weighted by atomic mass is 9.82. The standard InChI is InChI=1S/C52H66Cl4N2O4/c1-37(2)33-57(34-38(3)4)31-9-29-51(41-11-19-45(53)20-12-41,42-13-21-46(54)22-14-42)61-49(59)27-28-50(60)62-52(43-15-23-47(55)24-16-43,44-17-25-48(56)26-18-44)30-10-32-58(35-39(5)6)36-40(7)8/h11-28,37-40H,9-10,29-36H2,1-8H3/b28-27-. The fraction of sp³-hybridized carbons (Fsp3) is 0.462. The Morgan fingerprint density at radius 1 is 0.452 bits per heavy atom. The van der Waals surface area contributed by atoms with Gasteiger partial charge in [0.15, 0.2) is 11.2 Å². The molecule has 0 saturated carbocycles. The van der Waals surface area contributed by atoms with Crippen molar-refractivity contribution in [2.45, 2.75) is 92.3 Å². The summed E-state index contributed by atoms with van der Waals surface area (Å²) in [6.07, 6.45) is 4.70. The predicted octanol–water partition coefficient (Wildman–Crippen LogP) is 13.9. The van der Waals surface area contributed by atoms with Crippen molar-refractivity contribution in [1.82, 2.24) is 9.80 Å². The van der Waals surface area contributed by atoms with Crippen LogP contribution in [0.4, 0.5) is 0 Å². The first-order valence-corrected chi connectivity index (χ1v) is 23.5. The predicted molar refractivity (Wildman–Crippen MR) is 259 cm³/mol. The van der Waals surface area contributed by atoms with Crippen LogP contribution < -0.4 is 0 Å². The van der Waals surface area contributed by atoms with E-state index in [2.05, 4.69) is 65.2 Å². The molecule has 10 heteroatoms. The van der Waals surface area contributed by atoms with Gasteiger partial charge in [-0.15, -0.1) is 0 Å². The van der Waals surface area contributed by atoms with E-state index < -0.39 is 23.1 Å². The fourth-order valence-corrected chi connectivity index (χ4v) is 8.86. The Kier molecular flexibility index (Phi) is 20.4. The highest BCUT2D eigenvalue weighted by Gasteiger charge is 2.40. The van der Waals surface area contributed by atoms with Crippen LogP contribution in [0.25, 0.3) is 0 Å². The summed E-state index contributed by atoms with van der Waals surface area (Å²) in [7, 11) is 0. The van der Waals surface area contributed by atoms with Crippen LogP contribution in [0.5, 0.6) is 0 Å². The van der Waals surface area contributed by atoms with Crippen LogP contribution in [0.1, 0.15) is 103 Å². The topological polar surface area (TPSA) is 59.1 Å². The molecule has 0 heterocycles. The molecule has 0 aromatic heterocycles. The van der Waals surface area contributed by atoms with E-state index in [-0.39, 0.29) is 0 Å². The van der Waals surface area contributed by atoms with Gasteiger partial charge >= 0.3 is 11.9 Å². The number of hydrogen-bond donors (Lipinski definition) is 0. The zero-order valence-corrected chi connectivity index (χ0v) is 40.8. The normalized spacial score (nSPS) is 12.5. The summed E-state index contributed by atoms with van der Waals surface area (Å²) in [5.74, 6) is 0.588. The molecule has 0 aliphatic rings. The number of hydrogen-bond acceptors (Lipinski definition) is 6. The first kappa shape index (κ1) is 51.3. The Morgan fingerprint density at radius 3 is 0.887 bits per heavy atom. The Bertz CT molecular complexity index is 1740. The third-order valence-corrected chi connectivity index (χ3v) is 11.7. The summed E-state index contributed by atoms with van der Waals surface area (Å²) in [5, 5.41) is 2.24. The van der Waals surface area contributed by atoms with E-state index in [1.807, 2.05) is 48.5 Å². The molecule has 0 spiro atoms. The van der Waals surface area contributed by atoms with Crippen molar-refractivity contribution in [2.24, 2.45) is 23.7 Å². The fourth-order valence-electron chi connectivity index (χ4n) is 8.36. The molecule has 0 bridgehead atoms. The number of carbonyl (C=O) groups is 2. The second-order valence-electron chi connectivity index (χ2n) is 18.2. The summed E-state index contributed by atoms with van der Waals surface area (Å²) >= 11 is 25.6. The number of esters is 2. The Hall–Kier alpha value is -3.36. The van der Waals surface area contributed by atoms with E-state index in [1.165, 1.54) is 0 Å². The Balaban J connectivity index is 1.72. The molecule has 0 radical (unpaired) electrons. The molecule has 0 fully saturated rings. The van der Waals surface area contributed by atoms with Crippen LogP contribution >= 0.6 is 46.4 Å². The van der Waals surface area contributed by atoms with Gasteiger partial charge in [-0.05, 0) is 111 Å². The number of halogens is 4. The average molecular weight is 925 g/mol. The van der Waals surface area contributed by atoms with Crippen LogP contribution in [-0.4, -0.2) is 61.0 Å². The number of benzene rings is 4. The molecule has 0 atom stereocenters. The highest BCUT2D eigenvalue weighted by atomic mass is 35.5. The van der Waals surface area contributed by atoms with Crippen molar-refractivity contribution in [3.63, 3.8) is 0 Å². The van der Waals surface area contributed by atoms with E-state index >= 15 is 0 Å². The minimum atomic E-state index is -1.23. The molecule has 0 N–H and O–H groups in total. The maximum atomic E-state index is 14.2. The maximum Gasteiger partial charge on any atom is 0.332 e. The highest BCUT2D eigenvalue weighted by Crippen LogP contribution is 2.41. The van der Waals surface area contributed by atoms with E-state index in [0.717, 1.165) is 86.5 Å². The number of nitrogens with zero attached hydrogens (tertiary/aromatic N) is 2. The second kappa shape index (κ2) is 24.6. The Labute approximate surface area is 391 Å². The SMILES string of the molecule is CC(C)CN(CCCC(OC(=O)/C=C\C(=O)OC(CCCN(CC(C)C)CC(C)C)(c1ccc(Cl)cc1)c1ccc(Cl)cc1)(c1ccc(Cl)cc1)c1ccc(Cl)cc1)CC(C)C. The molecule has 0 aliphatic carbocycles. The smallest absolute Gasteiger partial charge is 0.332 e. The number of rotatable bonds is 24. The second-order valence-corrected chi connectivity index (χ2v) is 19.9. The molecule has 6 nitrogen and oxygen atoms in total. The molecule has 4 rings (SSSR count). The van der Waals surface area contributed by atoms with Crippen LogP contribution in [0.15, 0.2) is 109 Å². The first-order valence-electron chi connectivity index (χ1n) is 22.0. The summed E-state index contributed by atoms with van der Waals surface area (Å²) in [4.78, 5) is 33.4. The van der Waals surface area contributed by atoms with Crippen LogP contribution in [0.3, 0.4) is 0 Å². The Morgan fingerprint density at radius 2 is 0.677 bits per heavy atom. The molecule has 0 aliphatic heterocycles. The van der Waals surface area contributed by atoms with Gasteiger partial charge in [0.2, 0.25) is 0 Å². The van der Waals surface area contributed by atoms with E-state index in [9.17, 15) is 9.59 Å². The number of ether oxygens (including phenoxy) is 2. The van der Waals surface area contributed by atoms with Gasteiger partial charge in [0, 0.05) is 80.7 Å². The molecule has 336 valence electrons. The molecule has 4 aromatic rings. The number of carbonyl (C=O) groups excluding carboxylic acids is 2. The van der Waals surface area contributed by atoms with Crippen LogP contribution in [-0.2, 0) is 30.3 Å². The van der Waals surface area contributed by atoms with Crippen molar-refractivity contribution < 1.29 is 19.1 Å². The quantitative estimate of drug-likeness (QED) is 0.0515. The molecule has 62 heavy (non-hydrogen) atoms. The van der Waals surface area contributed by atoms with Crippen molar-refractivity contribution >= 4 is 58.3 Å². The summed E-state index contributed by atoms with van der Waals surface area (Å²) < 4.78 is 13.2. The van der Waals surface area contributed by atoms with Gasteiger partial charge in [-0.1, -0.05) is 150 Å². The third-order valence-electron chi connectivity index (χ3n) is 10.6. The molecule has 4 aromatic carbocycles. The molecular weight excluding hydrogens is 858 g/mol. The largest absolute Gasteiger partial charge is 0.446 e. The van der Waals surface area contributed by atoms with E-state index in [0.29, 0.717) is 56.6 Å². The lowest BCUT2D eigenvalue weighted by Gasteiger charge is -2.36. The summed E-state index contributed by atoms with van der Waals surface area (Å²) in [6.45, 7) is 23.2. The highest BCUT2D eigenvalue weighted by molar-refractivity contribution is 6.31. The zero-order valence-electron chi connectivity index (χ0n) is 37.8. The van der Waals surface area contributed by atoms with Crippen molar-refractivity contribution in [2.75, 3.05) is 39.3 Å². The maximum absolute atomic E-state index is 14.2. The minimum absolute atomic E-state index is 0.466. The van der Waals surface area contributed by atoms with Crippen molar-refractivity contribution in [3.05, 3.63) is 152 Å². The van der Waals surface area contributed by atoms with E-state index in [1.54, 1.807) is 48.5 Å². The third kappa shape index (κ3) is 15.7. The van der Waals surface area contributed by atoms with Crippen LogP contribution in [0, 0.1) is 23.7 Å². The van der Waals surface area contributed by atoms with Crippen molar-refractivity contribution in [1.29, 1.82) is 0 Å². The summed E-state index contributed by atoms with van der Waals surface area (Å²) in [6, 6.07) is 29.5. The van der Waals surface area contributed by atoms with Gasteiger partial charge in [0.25, 0.3) is 0 Å². The molecular formula is C52H66Cl4N2O4. The molecule has 0 amide bonds. The zero-order chi connectivity index (χ0) is 45.5. The molecule has 0 saturated heterocycles. The van der Waals surface area contributed by atoms with Gasteiger partial charge in [0.05, 0.1) is 0 Å². The van der Waals surface area contributed by atoms with Gasteiger partial charge in [-0.25, -0.2) is 9.59 Å². The minimum Gasteiger partial charge on any atom is -0.446 e. The van der Waals surface area contributed by atoms with Crippen LogP contribution in [0.2, 0.25) is 20.1 Å². The van der Waals surface area contributed by atoms with Gasteiger partial charge in [0.1, 0.15) is 0 Å². The van der Waals surface area contributed by atoms with Gasteiger partial charge in [-0.3, -0.25) is 0 Å². The van der Waals surface area contributed by atoms with Gasteiger partial charge < -0.3 is 19.3 Å². The lowest BCUT2D eigenvalue weighted by Crippen LogP contribution is -2.37. The van der Waals surface area contributed by atoms with Gasteiger partial charge in [-0.2, -0.15) is 0 Å². The molecule has 0 unspecified atom stereocenters.